The Kier molecular flexibility index (Phi) is 3.85. The van der Waals surface area contributed by atoms with Crippen LogP contribution in [0.25, 0.3) is 0 Å². The fraction of sp³-hybridized carbons (Fsp3) is 0.286. The number of aryl methyl sites for hydroxylation is 2. The third kappa shape index (κ3) is 2.93. The van der Waals surface area contributed by atoms with Gasteiger partial charge in [0.2, 0.25) is 0 Å². The van der Waals surface area contributed by atoms with E-state index in [4.69, 9.17) is 0 Å². The molecule has 0 atom stereocenters. The molecule has 1 aromatic heterocycles. The van der Waals surface area contributed by atoms with Crippen LogP contribution in [0.2, 0.25) is 0 Å². The summed E-state index contributed by atoms with van der Waals surface area (Å²) in [5, 5.41) is 10.1. The lowest BCUT2D eigenvalue weighted by Crippen LogP contribution is -2.16. The normalized spacial score (nSPS) is 10.3. The zero-order valence-corrected chi connectivity index (χ0v) is 11.4. The van der Waals surface area contributed by atoms with Gasteiger partial charge in [-0.3, -0.25) is 9.48 Å². The van der Waals surface area contributed by atoms with Crippen LogP contribution in [0, 0.1) is 6.92 Å². The maximum atomic E-state index is 12.2. The minimum absolute atomic E-state index is 0.121. The zero-order chi connectivity index (χ0) is 13.8. The quantitative estimate of drug-likeness (QED) is 0.885. The van der Waals surface area contributed by atoms with Gasteiger partial charge in [-0.1, -0.05) is 0 Å². The molecule has 0 bridgehead atoms. The largest absolute Gasteiger partial charge is 0.385 e. The molecule has 1 amide bonds. The smallest absolute Gasteiger partial charge is 0.257 e. The number of amides is 1. The Bertz CT molecular complexity index is 589. The van der Waals surface area contributed by atoms with Gasteiger partial charge in [0.1, 0.15) is 5.82 Å². The van der Waals surface area contributed by atoms with Crippen molar-refractivity contribution in [3.63, 3.8) is 0 Å². The highest BCUT2D eigenvalue weighted by atomic mass is 16.1. The lowest BCUT2D eigenvalue weighted by atomic mass is 10.1. The van der Waals surface area contributed by atoms with Crippen LogP contribution in [-0.4, -0.2) is 22.2 Å². The van der Waals surface area contributed by atoms with Crippen molar-refractivity contribution >= 4 is 17.4 Å². The SMILES string of the molecule is CCNc1ccc(C(=O)Nc2ccnn2C)c(C)c1. The molecule has 0 fully saturated rings. The first-order valence-electron chi connectivity index (χ1n) is 6.25. The number of nitrogens with one attached hydrogen (secondary N) is 2. The van der Waals surface area contributed by atoms with Crippen LogP contribution in [-0.2, 0) is 7.05 Å². The molecule has 2 N–H and O–H groups in total. The van der Waals surface area contributed by atoms with E-state index >= 15 is 0 Å². The highest BCUT2D eigenvalue weighted by Gasteiger charge is 2.11. The minimum Gasteiger partial charge on any atom is -0.385 e. The van der Waals surface area contributed by atoms with Crippen molar-refractivity contribution in [2.24, 2.45) is 7.05 Å². The number of carbonyl (C=O) groups is 1. The average Bonchev–Trinajstić information content (AvgIpc) is 2.75. The van der Waals surface area contributed by atoms with Crippen molar-refractivity contribution < 1.29 is 4.79 Å². The number of benzene rings is 1. The van der Waals surface area contributed by atoms with E-state index in [2.05, 4.69) is 15.7 Å². The van der Waals surface area contributed by atoms with Crippen LogP contribution < -0.4 is 10.6 Å². The molecule has 0 unspecified atom stereocenters. The maximum absolute atomic E-state index is 12.2. The van der Waals surface area contributed by atoms with Gasteiger partial charge in [0.25, 0.3) is 5.91 Å². The first kappa shape index (κ1) is 13.1. The Morgan fingerprint density at radius 3 is 2.74 bits per heavy atom. The van der Waals surface area contributed by atoms with Crippen molar-refractivity contribution in [1.29, 1.82) is 0 Å². The van der Waals surface area contributed by atoms with Crippen molar-refractivity contribution in [3.05, 3.63) is 41.6 Å². The number of aromatic nitrogens is 2. The van der Waals surface area contributed by atoms with Gasteiger partial charge in [0.05, 0.1) is 6.20 Å². The Balaban J connectivity index is 2.17. The molecule has 2 aromatic rings. The van der Waals surface area contributed by atoms with Gasteiger partial charge < -0.3 is 10.6 Å². The van der Waals surface area contributed by atoms with E-state index in [9.17, 15) is 4.79 Å². The van der Waals surface area contributed by atoms with Gasteiger partial charge in [-0.05, 0) is 37.6 Å². The van der Waals surface area contributed by atoms with Gasteiger partial charge in [-0.25, -0.2) is 0 Å². The van der Waals surface area contributed by atoms with Crippen molar-refractivity contribution in [2.45, 2.75) is 13.8 Å². The number of carbonyl (C=O) groups excluding carboxylic acids is 1. The Morgan fingerprint density at radius 2 is 2.16 bits per heavy atom. The third-order valence-corrected chi connectivity index (χ3v) is 2.91. The van der Waals surface area contributed by atoms with E-state index in [0.717, 1.165) is 17.8 Å². The Hall–Kier alpha value is -2.30. The van der Waals surface area contributed by atoms with E-state index in [1.54, 1.807) is 24.0 Å². The third-order valence-electron chi connectivity index (χ3n) is 2.91. The molecule has 1 heterocycles. The van der Waals surface area contributed by atoms with Crippen LogP contribution in [0.4, 0.5) is 11.5 Å². The molecule has 1 aromatic carbocycles. The van der Waals surface area contributed by atoms with Gasteiger partial charge in [-0.15, -0.1) is 0 Å². The zero-order valence-electron chi connectivity index (χ0n) is 11.4. The molecular formula is C14H18N4O. The van der Waals surface area contributed by atoms with Crippen LogP contribution in [0.3, 0.4) is 0 Å². The van der Waals surface area contributed by atoms with Gasteiger partial charge in [-0.2, -0.15) is 5.10 Å². The molecule has 0 aliphatic heterocycles. The number of anilines is 2. The summed E-state index contributed by atoms with van der Waals surface area (Å²) in [6.45, 7) is 4.83. The average molecular weight is 258 g/mol. The molecule has 5 nitrogen and oxygen atoms in total. The number of hydrogen-bond acceptors (Lipinski definition) is 3. The summed E-state index contributed by atoms with van der Waals surface area (Å²) in [6.07, 6.45) is 1.65. The maximum Gasteiger partial charge on any atom is 0.257 e. The summed E-state index contributed by atoms with van der Waals surface area (Å²) in [4.78, 5) is 12.2. The highest BCUT2D eigenvalue weighted by molar-refractivity contribution is 6.05. The molecule has 19 heavy (non-hydrogen) atoms. The van der Waals surface area contributed by atoms with Crippen LogP contribution in [0.1, 0.15) is 22.8 Å². The lowest BCUT2D eigenvalue weighted by Gasteiger charge is -2.10. The van der Waals surface area contributed by atoms with Crippen LogP contribution in [0.5, 0.6) is 0 Å². The van der Waals surface area contributed by atoms with Gasteiger partial charge >= 0.3 is 0 Å². The molecular weight excluding hydrogens is 240 g/mol. The van der Waals surface area contributed by atoms with Crippen molar-refractivity contribution in [2.75, 3.05) is 17.2 Å². The predicted octanol–water partition coefficient (Wildman–Crippen LogP) is 2.41. The molecule has 0 aliphatic carbocycles. The second kappa shape index (κ2) is 5.56. The number of rotatable bonds is 4. The molecule has 0 saturated carbocycles. The van der Waals surface area contributed by atoms with E-state index in [1.807, 2.05) is 32.0 Å². The van der Waals surface area contributed by atoms with Gasteiger partial charge in [0, 0.05) is 30.9 Å². The van der Waals surface area contributed by atoms with Crippen LogP contribution >= 0.6 is 0 Å². The Labute approximate surface area is 112 Å². The molecule has 0 saturated heterocycles. The summed E-state index contributed by atoms with van der Waals surface area (Å²) in [5.41, 5.74) is 2.64. The number of nitrogens with zero attached hydrogens (tertiary/aromatic N) is 2. The van der Waals surface area contributed by atoms with Crippen LogP contribution in [0.15, 0.2) is 30.5 Å². The van der Waals surface area contributed by atoms with E-state index in [0.29, 0.717) is 11.4 Å². The second-order valence-corrected chi connectivity index (χ2v) is 4.35. The minimum atomic E-state index is -0.121. The fourth-order valence-corrected chi connectivity index (χ4v) is 1.91. The first-order chi connectivity index (χ1) is 9.11. The van der Waals surface area contributed by atoms with E-state index < -0.39 is 0 Å². The summed E-state index contributed by atoms with van der Waals surface area (Å²) < 4.78 is 1.63. The van der Waals surface area contributed by atoms with Crippen molar-refractivity contribution in [3.8, 4) is 0 Å². The molecule has 0 spiro atoms. The number of hydrogen-bond donors (Lipinski definition) is 2. The summed E-state index contributed by atoms with van der Waals surface area (Å²) >= 11 is 0. The van der Waals surface area contributed by atoms with Crippen molar-refractivity contribution in [1.82, 2.24) is 9.78 Å². The topological polar surface area (TPSA) is 59.0 Å². The van der Waals surface area contributed by atoms with E-state index in [-0.39, 0.29) is 5.91 Å². The standard InChI is InChI=1S/C14H18N4O/c1-4-15-11-5-6-12(10(2)9-11)14(19)17-13-7-8-16-18(13)3/h5-9,15H,4H2,1-3H3,(H,17,19). The second-order valence-electron chi connectivity index (χ2n) is 4.35. The molecule has 2 rings (SSSR count). The lowest BCUT2D eigenvalue weighted by molar-refractivity contribution is 0.102. The molecule has 100 valence electrons. The summed E-state index contributed by atoms with van der Waals surface area (Å²) in [5.74, 6) is 0.560. The summed E-state index contributed by atoms with van der Waals surface area (Å²) in [6, 6.07) is 7.48. The Morgan fingerprint density at radius 1 is 1.37 bits per heavy atom. The predicted molar refractivity (Wildman–Crippen MR) is 76.5 cm³/mol. The first-order valence-corrected chi connectivity index (χ1v) is 6.25. The molecule has 0 radical (unpaired) electrons. The highest BCUT2D eigenvalue weighted by Crippen LogP contribution is 2.16. The molecule has 0 aliphatic rings. The fourth-order valence-electron chi connectivity index (χ4n) is 1.91. The molecule has 5 heteroatoms. The van der Waals surface area contributed by atoms with E-state index in [1.165, 1.54) is 0 Å². The monoisotopic (exact) mass is 258 g/mol. The van der Waals surface area contributed by atoms with Gasteiger partial charge in [0.15, 0.2) is 0 Å². The summed E-state index contributed by atoms with van der Waals surface area (Å²) in [7, 11) is 1.79.